The molecule has 0 amide bonds. The summed E-state index contributed by atoms with van der Waals surface area (Å²) in [6, 6.07) is 56.3. The first kappa shape index (κ1) is 37.6. The Balaban J connectivity index is 1.20. The van der Waals surface area contributed by atoms with Crippen molar-refractivity contribution in [3.63, 3.8) is 0 Å². The molecule has 0 fully saturated rings. The normalized spacial score (nSPS) is 14.9. The summed E-state index contributed by atoms with van der Waals surface area (Å²) >= 11 is 0. The van der Waals surface area contributed by atoms with Gasteiger partial charge >= 0.3 is 6.85 Å². The third kappa shape index (κ3) is 5.07. The number of aromatic nitrogens is 1. The zero-order valence-electron chi connectivity index (χ0n) is 37.7. The number of fused-ring (bicyclic) bond motifs is 13. The lowest BCUT2D eigenvalue weighted by atomic mass is 9.43. The highest BCUT2D eigenvalue weighted by Gasteiger charge is 2.50. The molecule has 13 rings (SSSR count). The number of anilines is 2. The van der Waals surface area contributed by atoms with Crippen LogP contribution in [0.1, 0.15) is 77.6 Å². The number of benzene rings is 8. The molecule has 0 bridgehead atoms. The number of nitrogens with zero attached hydrogens (tertiary/aromatic N) is 2. The van der Waals surface area contributed by atoms with Crippen LogP contribution in [0.4, 0.5) is 11.4 Å². The first-order valence-corrected chi connectivity index (χ1v) is 22.8. The van der Waals surface area contributed by atoms with Crippen molar-refractivity contribution in [3.8, 4) is 62.1 Å². The molecule has 0 N–H and O–H groups in total. The summed E-state index contributed by atoms with van der Waals surface area (Å²) in [4.78, 5) is 2.62. The number of para-hydroxylation sites is 2. The molecule has 0 unspecified atom stereocenters. The lowest BCUT2D eigenvalue weighted by Crippen LogP contribution is -2.61. The van der Waals surface area contributed by atoms with E-state index in [-0.39, 0.29) is 23.1 Å². The fraction of sp³-hybridized carbons (Fsp3) is 0.186. The van der Waals surface area contributed by atoms with Gasteiger partial charge in [0, 0.05) is 44.9 Å². The highest BCUT2D eigenvalue weighted by atomic mass is 16.6. The molecule has 8 aromatic carbocycles. The number of hydrogen-bond acceptors (Lipinski definition) is 3. The highest BCUT2D eigenvalue weighted by molar-refractivity contribution is 6.93. The second-order valence-electron chi connectivity index (χ2n) is 21.0. The summed E-state index contributed by atoms with van der Waals surface area (Å²) < 4.78 is 16.2. The fourth-order valence-corrected chi connectivity index (χ4v) is 11.5. The van der Waals surface area contributed by atoms with Crippen molar-refractivity contribution < 1.29 is 9.47 Å². The largest absolute Gasteiger partial charge is 0.449 e. The number of rotatable bonds is 2. The first-order chi connectivity index (χ1) is 30.8. The van der Waals surface area contributed by atoms with Crippen molar-refractivity contribution in [1.82, 2.24) is 4.57 Å². The predicted octanol–water partition coefficient (Wildman–Crippen LogP) is 14.5. The summed E-state index contributed by atoms with van der Waals surface area (Å²) in [5, 5.41) is 2.62. The van der Waals surface area contributed by atoms with Crippen LogP contribution in [0.25, 0.3) is 60.9 Å². The van der Waals surface area contributed by atoms with Crippen molar-refractivity contribution in [2.75, 3.05) is 4.81 Å². The van der Waals surface area contributed by atoms with Gasteiger partial charge in [0.1, 0.15) is 0 Å². The zero-order valence-corrected chi connectivity index (χ0v) is 37.7. The SMILES string of the molecule is CC(C)(C)c1ccc2c(c1)c1cc(C(C)(C)C)cc3c1n2-c1c2c(cc4c1C(C)(C)c1ccccc1-4)-c1cc4c(cc1N(c1ccc(-c5ccccc5)cc1)B23)Oc1ccccc1O4. The molecule has 0 saturated heterocycles. The first-order valence-electron chi connectivity index (χ1n) is 22.8. The molecule has 310 valence electrons. The van der Waals surface area contributed by atoms with Crippen molar-refractivity contribution in [2.24, 2.45) is 0 Å². The Bertz CT molecular complexity index is 3490. The average Bonchev–Trinajstić information content (AvgIpc) is 3.74. The second-order valence-corrected chi connectivity index (χ2v) is 21.0. The van der Waals surface area contributed by atoms with E-state index >= 15 is 0 Å². The maximum Gasteiger partial charge on any atom is 0.333 e. The Morgan fingerprint density at radius 1 is 0.516 bits per heavy atom. The van der Waals surface area contributed by atoms with Crippen LogP contribution in [-0.2, 0) is 16.2 Å². The van der Waals surface area contributed by atoms with E-state index in [1.54, 1.807) is 0 Å². The quantitative estimate of drug-likeness (QED) is 0.162. The molecule has 4 heterocycles. The highest BCUT2D eigenvalue weighted by Crippen LogP contribution is 2.58. The summed E-state index contributed by atoms with van der Waals surface area (Å²) in [5.74, 6) is 2.89. The van der Waals surface area contributed by atoms with Crippen LogP contribution in [0.3, 0.4) is 0 Å². The van der Waals surface area contributed by atoms with Gasteiger partial charge in [-0.05, 0) is 126 Å². The minimum Gasteiger partial charge on any atom is -0.449 e. The minimum atomic E-state index is -0.267. The molecule has 0 saturated carbocycles. The number of hydrogen-bond donors (Lipinski definition) is 0. The van der Waals surface area contributed by atoms with E-state index in [1.807, 2.05) is 24.3 Å². The van der Waals surface area contributed by atoms with Crippen molar-refractivity contribution in [2.45, 2.75) is 71.6 Å². The monoisotopic (exact) mass is 828 g/mol. The molecule has 3 aliphatic heterocycles. The van der Waals surface area contributed by atoms with Crippen molar-refractivity contribution in [1.29, 1.82) is 0 Å². The Morgan fingerprint density at radius 3 is 1.88 bits per heavy atom. The van der Waals surface area contributed by atoms with Crippen LogP contribution in [0, 0.1) is 0 Å². The van der Waals surface area contributed by atoms with E-state index in [0.29, 0.717) is 5.75 Å². The van der Waals surface area contributed by atoms with Crippen LogP contribution >= 0.6 is 0 Å². The molecular formula is C59H49BN2O2. The van der Waals surface area contributed by atoms with Crippen molar-refractivity contribution in [3.05, 3.63) is 174 Å². The minimum absolute atomic E-state index is 0.0120. The van der Waals surface area contributed by atoms with Crippen molar-refractivity contribution >= 4 is 51.0 Å². The molecule has 1 aliphatic carbocycles. The second kappa shape index (κ2) is 12.6. The van der Waals surface area contributed by atoms with Gasteiger partial charge in [0.05, 0.1) is 11.0 Å². The molecule has 1 aromatic heterocycles. The fourth-order valence-electron chi connectivity index (χ4n) is 11.5. The van der Waals surface area contributed by atoms with Gasteiger partial charge in [0.25, 0.3) is 0 Å². The Kier molecular flexibility index (Phi) is 7.40. The zero-order chi connectivity index (χ0) is 43.6. The topological polar surface area (TPSA) is 26.6 Å². The molecule has 0 spiro atoms. The molecule has 9 aromatic rings. The summed E-state index contributed by atoms with van der Waals surface area (Å²) in [7, 11) is 0. The third-order valence-corrected chi connectivity index (χ3v) is 14.7. The summed E-state index contributed by atoms with van der Waals surface area (Å²) in [6.45, 7) is 18.8. The molecule has 64 heavy (non-hydrogen) atoms. The van der Waals surface area contributed by atoms with Gasteiger partial charge in [-0.3, -0.25) is 0 Å². The van der Waals surface area contributed by atoms with Crippen LogP contribution in [0.5, 0.6) is 23.0 Å². The summed E-state index contributed by atoms with van der Waals surface area (Å²) in [5.41, 5.74) is 21.1. The van der Waals surface area contributed by atoms with Gasteiger partial charge < -0.3 is 18.9 Å². The van der Waals surface area contributed by atoms with E-state index in [2.05, 4.69) is 192 Å². The van der Waals surface area contributed by atoms with Crippen LogP contribution in [0.2, 0.25) is 0 Å². The van der Waals surface area contributed by atoms with Gasteiger partial charge in [-0.25, -0.2) is 0 Å². The smallest absolute Gasteiger partial charge is 0.333 e. The molecule has 5 heteroatoms. The van der Waals surface area contributed by atoms with Gasteiger partial charge in [0.15, 0.2) is 23.0 Å². The molecule has 0 atom stereocenters. The average molecular weight is 829 g/mol. The van der Waals surface area contributed by atoms with Crippen LogP contribution < -0.4 is 25.2 Å². The lowest BCUT2D eigenvalue weighted by molar-refractivity contribution is 0.360. The third-order valence-electron chi connectivity index (χ3n) is 14.7. The van der Waals surface area contributed by atoms with Gasteiger partial charge in [-0.1, -0.05) is 146 Å². The molecular weight excluding hydrogens is 779 g/mol. The maximum atomic E-state index is 6.75. The maximum absolute atomic E-state index is 6.75. The van der Waals surface area contributed by atoms with E-state index < -0.39 is 0 Å². The molecule has 0 radical (unpaired) electrons. The Labute approximate surface area is 375 Å². The van der Waals surface area contributed by atoms with Gasteiger partial charge in [0.2, 0.25) is 0 Å². The standard InChI is InChI=1S/C59H49BN2O2/c1-57(2,3)36-24-27-47-40(28-36)44-29-37(58(4,5)6)30-46-55(44)61(47)56-53-42(39-18-12-13-19-45(39)59(53,7)8)31-43-41-32-51-52(64-50-21-15-14-20-49(50)63-51)33-48(41)62(60(46)54(43)56)38-25-22-35(23-26-38)34-16-10-9-11-17-34/h9-33H,1-8H3. The lowest BCUT2D eigenvalue weighted by Gasteiger charge is -2.44. The van der Waals surface area contributed by atoms with E-state index in [1.165, 1.54) is 88.5 Å². The Morgan fingerprint density at radius 2 is 1.16 bits per heavy atom. The van der Waals surface area contributed by atoms with Crippen LogP contribution in [-0.4, -0.2) is 11.4 Å². The molecule has 4 aliphatic rings. The summed E-state index contributed by atoms with van der Waals surface area (Å²) in [6.07, 6.45) is 0. The van der Waals surface area contributed by atoms with E-state index in [4.69, 9.17) is 9.47 Å². The van der Waals surface area contributed by atoms with E-state index in [9.17, 15) is 0 Å². The number of ether oxygens (including phenoxy) is 2. The Hall–Kier alpha value is -6.98. The molecule has 4 nitrogen and oxygen atoms in total. The van der Waals surface area contributed by atoms with Gasteiger partial charge in [-0.15, -0.1) is 0 Å². The van der Waals surface area contributed by atoms with Gasteiger partial charge in [-0.2, -0.15) is 0 Å². The van der Waals surface area contributed by atoms with Crippen LogP contribution in [0.15, 0.2) is 152 Å². The predicted molar refractivity (Wildman–Crippen MR) is 267 cm³/mol. The van der Waals surface area contributed by atoms with E-state index in [0.717, 1.165) is 34.2 Å².